The lowest BCUT2D eigenvalue weighted by Gasteiger charge is -2.23. The molecule has 1 aromatic heterocycles. The number of phenols is 2. The fraction of sp³-hybridized carbons (Fsp3) is 0.267. The first kappa shape index (κ1) is 25.8. The highest BCUT2D eigenvalue weighted by Crippen LogP contribution is 2.43. The largest absolute Gasteiger partial charge is 0.508 e. The topological polar surface area (TPSA) is 103 Å². The van der Waals surface area contributed by atoms with Crippen LogP contribution in [-0.2, 0) is 16.1 Å². The summed E-state index contributed by atoms with van der Waals surface area (Å²) in [5.74, 6) is -0.652. The Hall–Kier alpha value is -4.26. The van der Waals surface area contributed by atoms with E-state index < -0.39 is 5.97 Å². The van der Waals surface area contributed by atoms with Crippen LogP contribution < -0.4 is 4.90 Å². The number of aliphatic carboxylic acids is 1. The molecule has 1 heterocycles. The predicted octanol–water partition coefficient (Wildman–Crippen LogP) is 6.16. The fourth-order valence-electron chi connectivity index (χ4n) is 4.77. The Kier molecular flexibility index (Phi) is 8.13. The monoisotopic (exact) mass is 500 g/mol. The number of amides is 1. The Morgan fingerprint density at radius 2 is 1.51 bits per heavy atom. The van der Waals surface area contributed by atoms with Gasteiger partial charge in [-0.25, -0.2) is 0 Å². The van der Waals surface area contributed by atoms with Crippen molar-refractivity contribution in [3.05, 3.63) is 78.4 Å². The zero-order valence-electron chi connectivity index (χ0n) is 20.9. The number of carboxylic acid groups (broad SMARTS) is 1. The molecular weight excluding hydrogens is 468 g/mol. The molecule has 192 valence electrons. The third-order valence-electron chi connectivity index (χ3n) is 6.52. The third-order valence-corrected chi connectivity index (χ3v) is 6.52. The van der Waals surface area contributed by atoms with E-state index in [0.717, 1.165) is 47.0 Å². The third kappa shape index (κ3) is 6.12. The molecule has 0 saturated carbocycles. The molecule has 4 rings (SSSR count). The van der Waals surface area contributed by atoms with Crippen LogP contribution in [0, 0.1) is 0 Å². The normalized spacial score (nSPS) is 11.1. The summed E-state index contributed by atoms with van der Waals surface area (Å²) in [5, 5.41) is 30.0. The van der Waals surface area contributed by atoms with E-state index in [1.54, 1.807) is 29.2 Å². The molecule has 0 spiro atoms. The second-order valence-electron chi connectivity index (χ2n) is 9.25. The van der Waals surface area contributed by atoms with Gasteiger partial charge in [-0.3, -0.25) is 9.59 Å². The Balaban J connectivity index is 1.82. The zero-order chi connectivity index (χ0) is 26.4. The molecule has 7 nitrogen and oxygen atoms in total. The van der Waals surface area contributed by atoms with Gasteiger partial charge in [-0.15, -0.1) is 0 Å². The fourth-order valence-corrected chi connectivity index (χ4v) is 4.77. The summed E-state index contributed by atoms with van der Waals surface area (Å²) in [6, 6.07) is 22.2. The van der Waals surface area contributed by atoms with Crippen LogP contribution in [0.15, 0.2) is 72.8 Å². The van der Waals surface area contributed by atoms with Crippen LogP contribution in [0.25, 0.3) is 22.2 Å². The molecule has 1 amide bonds. The van der Waals surface area contributed by atoms with E-state index in [4.69, 9.17) is 5.11 Å². The second-order valence-corrected chi connectivity index (χ2v) is 9.25. The molecule has 0 aliphatic heterocycles. The van der Waals surface area contributed by atoms with Crippen LogP contribution in [-0.4, -0.2) is 38.3 Å². The number of aromatic nitrogens is 1. The Bertz CT molecular complexity index is 1380. The van der Waals surface area contributed by atoms with E-state index in [2.05, 4.69) is 4.57 Å². The van der Waals surface area contributed by atoms with Gasteiger partial charge in [0.25, 0.3) is 0 Å². The van der Waals surface area contributed by atoms with Crippen molar-refractivity contribution in [1.29, 1.82) is 0 Å². The van der Waals surface area contributed by atoms with Crippen molar-refractivity contribution in [2.24, 2.45) is 0 Å². The van der Waals surface area contributed by atoms with E-state index in [9.17, 15) is 19.8 Å². The van der Waals surface area contributed by atoms with E-state index in [1.807, 2.05) is 48.5 Å². The van der Waals surface area contributed by atoms with Crippen molar-refractivity contribution in [1.82, 2.24) is 4.57 Å². The Morgan fingerprint density at radius 1 is 0.838 bits per heavy atom. The maximum absolute atomic E-state index is 13.0. The standard InChI is InChI=1S/C30H32N2O5/c1-21(33)31(18-8-3-2-7-11-28(36)37)30-26-19-25(35)16-17-27(26)32(20-22-9-5-4-6-10-22)29(30)23-12-14-24(34)15-13-23/h4-6,9-10,12-17,19,34-35H,2-3,7-8,11,18,20H2,1H3,(H,36,37). The number of rotatable bonds is 11. The van der Waals surface area contributed by atoms with Crippen LogP contribution in [0.4, 0.5) is 5.69 Å². The highest BCUT2D eigenvalue weighted by Gasteiger charge is 2.26. The number of carboxylic acids is 1. The van der Waals surface area contributed by atoms with Crippen molar-refractivity contribution in [2.45, 2.75) is 45.6 Å². The molecular formula is C30H32N2O5. The first-order valence-corrected chi connectivity index (χ1v) is 12.5. The molecule has 0 saturated heterocycles. The van der Waals surface area contributed by atoms with Crippen molar-refractivity contribution in [3.63, 3.8) is 0 Å². The average molecular weight is 501 g/mol. The molecule has 0 unspecified atom stereocenters. The molecule has 37 heavy (non-hydrogen) atoms. The molecule has 4 aromatic rings. The molecule has 0 radical (unpaired) electrons. The molecule has 7 heteroatoms. The Labute approximate surface area is 216 Å². The molecule has 3 aromatic carbocycles. The highest BCUT2D eigenvalue weighted by molar-refractivity contribution is 6.09. The van der Waals surface area contributed by atoms with Gasteiger partial charge >= 0.3 is 5.97 Å². The minimum atomic E-state index is -0.796. The van der Waals surface area contributed by atoms with E-state index in [-0.39, 0.29) is 23.8 Å². The van der Waals surface area contributed by atoms with Gasteiger partial charge in [0.2, 0.25) is 5.91 Å². The summed E-state index contributed by atoms with van der Waals surface area (Å²) >= 11 is 0. The second kappa shape index (κ2) is 11.6. The quantitative estimate of drug-likeness (QED) is 0.214. The van der Waals surface area contributed by atoms with Gasteiger partial charge in [-0.05, 0) is 60.9 Å². The molecule has 0 aliphatic carbocycles. The summed E-state index contributed by atoms with van der Waals surface area (Å²) in [6.45, 7) is 2.56. The average Bonchev–Trinajstić information content (AvgIpc) is 3.17. The van der Waals surface area contributed by atoms with Gasteiger partial charge in [0.15, 0.2) is 0 Å². The van der Waals surface area contributed by atoms with Crippen LogP contribution in [0.2, 0.25) is 0 Å². The maximum Gasteiger partial charge on any atom is 0.303 e. The van der Waals surface area contributed by atoms with Crippen molar-refractivity contribution >= 4 is 28.5 Å². The number of anilines is 1. The summed E-state index contributed by atoms with van der Waals surface area (Å²) in [6.07, 6.45) is 3.06. The minimum absolute atomic E-state index is 0.111. The molecule has 3 N–H and O–H groups in total. The van der Waals surface area contributed by atoms with Crippen molar-refractivity contribution in [2.75, 3.05) is 11.4 Å². The SMILES string of the molecule is CC(=O)N(CCCCCCC(=O)O)c1c(-c2ccc(O)cc2)n(Cc2ccccc2)c2ccc(O)cc12. The number of benzene rings is 3. The van der Waals surface area contributed by atoms with Crippen LogP contribution in [0.3, 0.4) is 0 Å². The number of aromatic hydroxyl groups is 2. The molecule has 0 fully saturated rings. The first-order valence-electron chi connectivity index (χ1n) is 12.5. The van der Waals surface area contributed by atoms with Gasteiger partial charge in [0.05, 0.1) is 16.9 Å². The van der Waals surface area contributed by atoms with Gasteiger partial charge in [0, 0.05) is 37.4 Å². The van der Waals surface area contributed by atoms with E-state index in [0.29, 0.717) is 25.2 Å². The van der Waals surface area contributed by atoms with Gasteiger partial charge < -0.3 is 24.8 Å². The number of carbonyl (C=O) groups excluding carboxylic acids is 1. The lowest BCUT2D eigenvalue weighted by molar-refractivity contribution is -0.137. The number of hydrogen-bond donors (Lipinski definition) is 3. The minimum Gasteiger partial charge on any atom is -0.508 e. The number of phenolic OH excluding ortho intramolecular Hbond substituents is 2. The van der Waals surface area contributed by atoms with Crippen molar-refractivity contribution in [3.8, 4) is 22.8 Å². The lowest BCUT2D eigenvalue weighted by Crippen LogP contribution is -2.30. The van der Waals surface area contributed by atoms with Crippen LogP contribution in [0.1, 0.15) is 44.6 Å². The van der Waals surface area contributed by atoms with Gasteiger partial charge in [-0.1, -0.05) is 43.2 Å². The molecule has 0 atom stereocenters. The first-order chi connectivity index (χ1) is 17.8. The van der Waals surface area contributed by atoms with Crippen molar-refractivity contribution < 1.29 is 24.9 Å². The summed E-state index contributed by atoms with van der Waals surface area (Å²) in [7, 11) is 0. The van der Waals surface area contributed by atoms with E-state index in [1.165, 1.54) is 6.92 Å². The molecule has 0 bridgehead atoms. The summed E-state index contributed by atoms with van der Waals surface area (Å²) in [4.78, 5) is 25.6. The maximum atomic E-state index is 13.0. The van der Waals surface area contributed by atoms with Gasteiger partial charge in [0.1, 0.15) is 11.5 Å². The molecule has 0 aliphatic rings. The summed E-state index contributed by atoms with van der Waals surface area (Å²) in [5.41, 5.74) is 4.35. The van der Waals surface area contributed by atoms with Gasteiger partial charge in [-0.2, -0.15) is 0 Å². The van der Waals surface area contributed by atoms with Crippen LogP contribution in [0.5, 0.6) is 11.5 Å². The van der Waals surface area contributed by atoms with E-state index >= 15 is 0 Å². The number of fused-ring (bicyclic) bond motifs is 1. The zero-order valence-corrected chi connectivity index (χ0v) is 20.9. The predicted molar refractivity (Wildman–Crippen MR) is 145 cm³/mol. The number of carbonyl (C=O) groups is 2. The highest BCUT2D eigenvalue weighted by atomic mass is 16.4. The Morgan fingerprint density at radius 3 is 2.19 bits per heavy atom. The van der Waals surface area contributed by atoms with Crippen LogP contribution >= 0.6 is 0 Å². The summed E-state index contributed by atoms with van der Waals surface area (Å²) < 4.78 is 2.15. The number of hydrogen-bond acceptors (Lipinski definition) is 4. The number of nitrogens with zero attached hydrogens (tertiary/aromatic N) is 2. The number of unbranched alkanes of at least 4 members (excludes halogenated alkanes) is 3. The smallest absolute Gasteiger partial charge is 0.303 e. The lowest BCUT2D eigenvalue weighted by atomic mass is 10.1.